The Morgan fingerprint density at radius 1 is 1.48 bits per heavy atom. The Morgan fingerprint density at radius 2 is 2.29 bits per heavy atom. The third-order valence-electron chi connectivity index (χ3n) is 4.33. The van der Waals surface area contributed by atoms with Gasteiger partial charge in [-0.1, -0.05) is 0 Å². The number of carbonyl (C=O) groups excluding carboxylic acids is 1. The molecule has 6 nitrogen and oxygen atoms in total. The molecule has 2 aliphatic rings. The molecule has 2 aliphatic heterocycles. The minimum atomic E-state index is 0.0684. The molecule has 1 atom stereocenters. The molecule has 0 aliphatic carbocycles. The van der Waals surface area contributed by atoms with E-state index in [1.807, 2.05) is 11.8 Å². The van der Waals surface area contributed by atoms with Crippen molar-refractivity contribution in [1.29, 1.82) is 0 Å². The van der Waals surface area contributed by atoms with Gasteiger partial charge in [-0.15, -0.1) is 0 Å². The molecule has 3 rings (SSSR count). The van der Waals surface area contributed by atoms with Crippen LogP contribution in [0.4, 0.5) is 0 Å². The van der Waals surface area contributed by atoms with Crippen LogP contribution < -0.4 is 0 Å². The van der Waals surface area contributed by atoms with Gasteiger partial charge in [-0.25, -0.2) is 0 Å². The zero-order chi connectivity index (χ0) is 14.7. The lowest BCUT2D eigenvalue weighted by atomic mass is 10.1. The van der Waals surface area contributed by atoms with Crippen LogP contribution in [0, 0.1) is 6.92 Å². The van der Waals surface area contributed by atoms with Crippen LogP contribution in [0.3, 0.4) is 0 Å². The number of hydrogen-bond donors (Lipinski definition) is 1. The molecule has 1 unspecified atom stereocenters. The Kier molecular flexibility index (Phi) is 4.55. The Morgan fingerprint density at radius 3 is 2.90 bits per heavy atom. The van der Waals surface area contributed by atoms with Crippen molar-refractivity contribution in [1.82, 2.24) is 15.1 Å². The first-order valence-electron chi connectivity index (χ1n) is 7.76. The standard InChI is InChI=1S/C15H23N3O3/c1-11-14(9-16-17-11)15(19)18-6-4-12(5-7-18)21-10-13-3-2-8-20-13/h9,12-13H,2-8,10H2,1H3,(H,16,17). The highest BCUT2D eigenvalue weighted by atomic mass is 16.5. The lowest BCUT2D eigenvalue weighted by Crippen LogP contribution is -2.41. The van der Waals surface area contributed by atoms with E-state index in [2.05, 4.69) is 10.2 Å². The van der Waals surface area contributed by atoms with Crippen molar-refractivity contribution in [2.24, 2.45) is 0 Å². The maximum absolute atomic E-state index is 12.4. The molecular formula is C15H23N3O3. The van der Waals surface area contributed by atoms with Crippen LogP contribution >= 0.6 is 0 Å². The Hall–Kier alpha value is -1.40. The molecule has 3 heterocycles. The number of carbonyl (C=O) groups is 1. The van der Waals surface area contributed by atoms with E-state index >= 15 is 0 Å². The second-order valence-corrected chi connectivity index (χ2v) is 5.87. The van der Waals surface area contributed by atoms with Gasteiger partial charge in [0.1, 0.15) is 0 Å². The van der Waals surface area contributed by atoms with Gasteiger partial charge in [-0.2, -0.15) is 5.10 Å². The maximum atomic E-state index is 12.4. The van der Waals surface area contributed by atoms with E-state index in [1.165, 1.54) is 0 Å². The van der Waals surface area contributed by atoms with Gasteiger partial charge in [0.25, 0.3) is 5.91 Å². The van der Waals surface area contributed by atoms with Crippen LogP contribution in [0.15, 0.2) is 6.20 Å². The van der Waals surface area contributed by atoms with Crippen LogP contribution in [0.25, 0.3) is 0 Å². The minimum absolute atomic E-state index is 0.0684. The fraction of sp³-hybridized carbons (Fsp3) is 0.733. The zero-order valence-electron chi connectivity index (χ0n) is 12.5. The number of amides is 1. The summed E-state index contributed by atoms with van der Waals surface area (Å²) in [7, 11) is 0. The largest absolute Gasteiger partial charge is 0.376 e. The maximum Gasteiger partial charge on any atom is 0.257 e. The van der Waals surface area contributed by atoms with E-state index in [1.54, 1.807) is 6.20 Å². The highest BCUT2D eigenvalue weighted by molar-refractivity contribution is 5.95. The van der Waals surface area contributed by atoms with Crippen LogP contribution in [-0.4, -0.2) is 59.5 Å². The van der Waals surface area contributed by atoms with Crippen LogP contribution in [-0.2, 0) is 9.47 Å². The minimum Gasteiger partial charge on any atom is -0.376 e. The van der Waals surface area contributed by atoms with Crippen LogP contribution in [0.2, 0.25) is 0 Å². The molecule has 116 valence electrons. The first kappa shape index (κ1) is 14.5. The molecule has 1 N–H and O–H groups in total. The number of aromatic nitrogens is 2. The molecule has 2 fully saturated rings. The van der Waals surface area contributed by atoms with Gasteiger partial charge in [0.05, 0.1) is 30.6 Å². The molecular weight excluding hydrogens is 270 g/mol. The van der Waals surface area contributed by atoms with E-state index in [4.69, 9.17) is 9.47 Å². The highest BCUT2D eigenvalue weighted by Crippen LogP contribution is 2.19. The number of aromatic amines is 1. The van der Waals surface area contributed by atoms with E-state index in [0.717, 1.165) is 51.1 Å². The molecule has 1 aromatic heterocycles. The predicted molar refractivity (Wildman–Crippen MR) is 77.2 cm³/mol. The van der Waals surface area contributed by atoms with Crippen molar-refractivity contribution in [3.05, 3.63) is 17.5 Å². The Labute approximate surface area is 124 Å². The quantitative estimate of drug-likeness (QED) is 0.914. The summed E-state index contributed by atoms with van der Waals surface area (Å²) in [5.41, 5.74) is 1.51. The fourth-order valence-electron chi connectivity index (χ4n) is 2.98. The van der Waals surface area contributed by atoms with E-state index in [0.29, 0.717) is 12.2 Å². The van der Waals surface area contributed by atoms with Gasteiger partial charge >= 0.3 is 0 Å². The first-order chi connectivity index (χ1) is 10.2. The van der Waals surface area contributed by atoms with Crippen molar-refractivity contribution < 1.29 is 14.3 Å². The third kappa shape index (κ3) is 3.44. The van der Waals surface area contributed by atoms with E-state index in [9.17, 15) is 4.79 Å². The van der Waals surface area contributed by atoms with E-state index < -0.39 is 0 Å². The topological polar surface area (TPSA) is 67.5 Å². The number of aryl methyl sites for hydroxylation is 1. The molecule has 0 aromatic carbocycles. The molecule has 6 heteroatoms. The van der Waals surface area contributed by atoms with Gasteiger partial charge in [0.15, 0.2) is 0 Å². The second-order valence-electron chi connectivity index (χ2n) is 5.87. The average Bonchev–Trinajstić information content (AvgIpc) is 3.16. The number of nitrogens with zero attached hydrogens (tertiary/aromatic N) is 2. The van der Waals surface area contributed by atoms with Crippen molar-refractivity contribution in [2.45, 2.75) is 44.8 Å². The molecule has 2 saturated heterocycles. The first-order valence-corrected chi connectivity index (χ1v) is 7.76. The average molecular weight is 293 g/mol. The van der Waals surface area contributed by atoms with Gasteiger partial charge < -0.3 is 14.4 Å². The smallest absolute Gasteiger partial charge is 0.257 e. The summed E-state index contributed by atoms with van der Waals surface area (Å²) in [6.07, 6.45) is 6.19. The van der Waals surface area contributed by atoms with Crippen molar-refractivity contribution >= 4 is 5.91 Å². The van der Waals surface area contributed by atoms with E-state index in [-0.39, 0.29) is 18.1 Å². The second kappa shape index (κ2) is 6.58. The summed E-state index contributed by atoms with van der Waals surface area (Å²) >= 11 is 0. The Bertz CT molecular complexity index is 474. The summed E-state index contributed by atoms with van der Waals surface area (Å²) in [6.45, 7) is 4.93. The summed E-state index contributed by atoms with van der Waals surface area (Å²) in [6, 6.07) is 0. The number of likely N-dealkylation sites (tertiary alicyclic amines) is 1. The molecule has 0 radical (unpaired) electrons. The molecule has 21 heavy (non-hydrogen) atoms. The molecule has 1 aromatic rings. The van der Waals surface area contributed by atoms with Gasteiger partial charge in [-0.3, -0.25) is 9.89 Å². The monoisotopic (exact) mass is 293 g/mol. The van der Waals surface area contributed by atoms with Gasteiger partial charge in [-0.05, 0) is 32.6 Å². The fourth-order valence-corrected chi connectivity index (χ4v) is 2.98. The molecule has 0 spiro atoms. The summed E-state index contributed by atoms with van der Waals surface area (Å²) < 4.78 is 11.5. The summed E-state index contributed by atoms with van der Waals surface area (Å²) in [5, 5.41) is 6.73. The molecule has 1 amide bonds. The lowest BCUT2D eigenvalue weighted by molar-refractivity contribution is -0.0395. The number of nitrogens with one attached hydrogen (secondary N) is 1. The van der Waals surface area contributed by atoms with Crippen molar-refractivity contribution in [2.75, 3.05) is 26.3 Å². The van der Waals surface area contributed by atoms with Crippen LogP contribution in [0.1, 0.15) is 41.7 Å². The SMILES string of the molecule is Cc1[nH]ncc1C(=O)N1CCC(OCC2CCCO2)CC1. The zero-order valence-corrected chi connectivity index (χ0v) is 12.5. The van der Waals surface area contributed by atoms with Crippen molar-refractivity contribution in [3.8, 4) is 0 Å². The molecule has 0 saturated carbocycles. The number of rotatable bonds is 4. The highest BCUT2D eigenvalue weighted by Gasteiger charge is 2.26. The predicted octanol–water partition coefficient (Wildman–Crippen LogP) is 1.52. The number of hydrogen-bond acceptors (Lipinski definition) is 4. The lowest BCUT2D eigenvalue weighted by Gasteiger charge is -2.32. The third-order valence-corrected chi connectivity index (χ3v) is 4.33. The van der Waals surface area contributed by atoms with Crippen LogP contribution in [0.5, 0.6) is 0 Å². The normalized spacial score (nSPS) is 23.7. The van der Waals surface area contributed by atoms with Gasteiger partial charge in [0.2, 0.25) is 0 Å². The van der Waals surface area contributed by atoms with Gasteiger partial charge in [0, 0.05) is 25.4 Å². The van der Waals surface area contributed by atoms with Crippen molar-refractivity contribution in [3.63, 3.8) is 0 Å². The number of piperidine rings is 1. The molecule has 0 bridgehead atoms. The number of H-pyrrole nitrogens is 1. The Balaban J connectivity index is 1.44. The number of ether oxygens (including phenoxy) is 2. The summed E-state index contributed by atoms with van der Waals surface area (Å²) in [4.78, 5) is 14.3. The summed E-state index contributed by atoms with van der Waals surface area (Å²) in [5.74, 6) is 0.0684.